The highest BCUT2D eigenvalue weighted by Crippen LogP contribution is 2.26. The highest BCUT2D eigenvalue weighted by atomic mass is 16.5. The van der Waals surface area contributed by atoms with E-state index in [0.29, 0.717) is 11.6 Å². The van der Waals surface area contributed by atoms with Crippen LogP contribution >= 0.6 is 0 Å². The molecule has 2 heterocycles. The van der Waals surface area contributed by atoms with Gasteiger partial charge < -0.3 is 9.64 Å². The Labute approximate surface area is 171 Å². The Morgan fingerprint density at radius 3 is 2.31 bits per heavy atom. The molecule has 0 spiro atoms. The molecule has 5 nitrogen and oxygen atoms in total. The van der Waals surface area contributed by atoms with Crippen LogP contribution in [-0.2, 0) is 0 Å². The Balaban J connectivity index is 1.74. The first-order valence-corrected chi connectivity index (χ1v) is 10.2. The fourth-order valence-corrected chi connectivity index (χ4v) is 3.69. The van der Waals surface area contributed by atoms with Crippen LogP contribution in [0.25, 0.3) is 16.9 Å². The van der Waals surface area contributed by atoms with E-state index in [-0.39, 0.29) is 5.91 Å². The number of nitrogens with zero attached hydrogens (tertiary/aromatic N) is 3. The minimum atomic E-state index is 0.0461. The normalized spacial score (nSPS) is 14.8. The fraction of sp³-hybridized carbons (Fsp3) is 0.333. The van der Waals surface area contributed by atoms with Gasteiger partial charge in [-0.15, -0.1) is 0 Å². The first-order valence-electron chi connectivity index (χ1n) is 10.2. The molecule has 0 aliphatic carbocycles. The van der Waals surface area contributed by atoms with Crippen LogP contribution in [0, 0.1) is 12.8 Å². The Bertz CT molecular complexity index is 982. The Morgan fingerprint density at radius 1 is 1.03 bits per heavy atom. The summed E-state index contributed by atoms with van der Waals surface area (Å²) in [7, 11) is 1.65. The van der Waals surface area contributed by atoms with Crippen molar-refractivity contribution in [2.45, 2.75) is 26.7 Å². The summed E-state index contributed by atoms with van der Waals surface area (Å²) in [5.41, 5.74) is 4.41. The molecule has 1 fully saturated rings. The molecule has 1 saturated heterocycles. The predicted octanol–water partition coefficient (Wildman–Crippen LogP) is 4.73. The molecule has 0 bridgehead atoms. The monoisotopic (exact) mass is 389 g/mol. The van der Waals surface area contributed by atoms with Gasteiger partial charge in [0.1, 0.15) is 11.4 Å². The van der Waals surface area contributed by atoms with Gasteiger partial charge in [-0.3, -0.25) is 4.79 Å². The molecule has 1 aliphatic rings. The number of aryl methyl sites for hydroxylation is 1. The number of piperidine rings is 1. The van der Waals surface area contributed by atoms with Crippen LogP contribution in [0.2, 0.25) is 0 Å². The third-order valence-electron chi connectivity index (χ3n) is 5.66. The molecule has 150 valence electrons. The second kappa shape index (κ2) is 8.11. The van der Waals surface area contributed by atoms with E-state index in [4.69, 9.17) is 9.84 Å². The van der Waals surface area contributed by atoms with Crippen LogP contribution in [0.5, 0.6) is 5.75 Å². The molecule has 2 aromatic carbocycles. The number of hydrogen-bond acceptors (Lipinski definition) is 3. The van der Waals surface area contributed by atoms with Crippen LogP contribution in [0.3, 0.4) is 0 Å². The number of rotatable bonds is 4. The SMILES string of the molecule is COc1ccc(-c2cc(C(=O)N3CCC(C)CC3)n(-c3ccc(C)cc3)n2)cc1. The Kier molecular flexibility index (Phi) is 5.38. The molecule has 0 atom stereocenters. The molecular weight excluding hydrogens is 362 g/mol. The lowest BCUT2D eigenvalue weighted by Gasteiger charge is -2.30. The smallest absolute Gasteiger partial charge is 0.272 e. The molecule has 0 radical (unpaired) electrons. The maximum Gasteiger partial charge on any atom is 0.272 e. The first kappa shape index (κ1) is 19.2. The number of benzene rings is 2. The van der Waals surface area contributed by atoms with E-state index in [1.807, 2.05) is 59.5 Å². The third-order valence-corrected chi connectivity index (χ3v) is 5.66. The van der Waals surface area contributed by atoms with Gasteiger partial charge in [0.15, 0.2) is 0 Å². The van der Waals surface area contributed by atoms with Crippen LogP contribution in [0.15, 0.2) is 54.6 Å². The lowest BCUT2D eigenvalue weighted by atomic mass is 9.99. The number of aromatic nitrogens is 2. The second-order valence-electron chi connectivity index (χ2n) is 7.87. The summed E-state index contributed by atoms with van der Waals surface area (Å²) in [6, 6.07) is 17.8. The van der Waals surface area contributed by atoms with Crippen LogP contribution in [0.1, 0.15) is 35.8 Å². The van der Waals surface area contributed by atoms with E-state index in [0.717, 1.165) is 48.6 Å². The minimum Gasteiger partial charge on any atom is -0.497 e. The lowest BCUT2D eigenvalue weighted by molar-refractivity contribution is 0.0688. The van der Waals surface area contributed by atoms with Gasteiger partial charge in [-0.05, 0) is 68.1 Å². The summed E-state index contributed by atoms with van der Waals surface area (Å²) in [6.07, 6.45) is 2.10. The van der Waals surface area contributed by atoms with Crippen molar-refractivity contribution in [1.29, 1.82) is 0 Å². The number of amides is 1. The zero-order valence-corrected chi connectivity index (χ0v) is 17.3. The van der Waals surface area contributed by atoms with E-state index >= 15 is 0 Å². The summed E-state index contributed by atoms with van der Waals surface area (Å²) in [4.78, 5) is 15.3. The maximum atomic E-state index is 13.4. The summed E-state index contributed by atoms with van der Waals surface area (Å²) in [5.74, 6) is 1.52. The highest BCUT2D eigenvalue weighted by molar-refractivity contribution is 5.94. The van der Waals surface area contributed by atoms with E-state index < -0.39 is 0 Å². The van der Waals surface area contributed by atoms with E-state index in [9.17, 15) is 4.79 Å². The molecule has 5 heteroatoms. The number of ether oxygens (including phenoxy) is 1. The number of carbonyl (C=O) groups excluding carboxylic acids is 1. The van der Waals surface area contributed by atoms with Gasteiger partial charge >= 0.3 is 0 Å². The van der Waals surface area contributed by atoms with Gasteiger partial charge in [0, 0.05) is 18.7 Å². The number of methoxy groups -OCH3 is 1. The Morgan fingerprint density at radius 2 is 1.69 bits per heavy atom. The largest absolute Gasteiger partial charge is 0.497 e. The van der Waals surface area contributed by atoms with Crippen LogP contribution in [0.4, 0.5) is 0 Å². The zero-order chi connectivity index (χ0) is 20.4. The van der Waals surface area contributed by atoms with Gasteiger partial charge in [0.2, 0.25) is 0 Å². The summed E-state index contributed by atoms with van der Waals surface area (Å²) in [5, 5.41) is 4.80. The van der Waals surface area contributed by atoms with Crippen molar-refractivity contribution in [3.05, 3.63) is 65.9 Å². The average molecular weight is 389 g/mol. The van der Waals surface area contributed by atoms with Gasteiger partial charge in [-0.2, -0.15) is 5.10 Å². The van der Waals surface area contributed by atoms with Gasteiger partial charge in [0.25, 0.3) is 5.91 Å². The summed E-state index contributed by atoms with van der Waals surface area (Å²) < 4.78 is 7.03. The predicted molar refractivity (Wildman–Crippen MR) is 115 cm³/mol. The van der Waals surface area contributed by atoms with Gasteiger partial charge in [-0.25, -0.2) is 4.68 Å². The molecule has 1 aliphatic heterocycles. The number of hydrogen-bond donors (Lipinski definition) is 0. The second-order valence-corrected chi connectivity index (χ2v) is 7.87. The summed E-state index contributed by atoms with van der Waals surface area (Å²) >= 11 is 0. The average Bonchev–Trinajstić information content (AvgIpc) is 3.20. The maximum absolute atomic E-state index is 13.4. The van der Waals surface area contributed by atoms with Crippen LogP contribution < -0.4 is 4.74 Å². The highest BCUT2D eigenvalue weighted by Gasteiger charge is 2.25. The van der Waals surface area contributed by atoms with Crippen molar-refractivity contribution in [3.8, 4) is 22.7 Å². The first-order chi connectivity index (χ1) is 14.0. The molecule has 29 heavy (non-hydrogen) atoms. The molecule has 1 amide bonds. The zero-order valence-electron chi connectivity index (χ0n) is 17.3. The van der Waals surface area contributed by atoms with E-state index in [1.54, 1.807) is 11.8 Å². The van der Waals surface area contributed by atoms with Crippen molar-refractivity contribution in [2.75, 3.05) is 20.2 Å². The molecular formula is C24H27N3O2. The van der Waals surface area contributed by atoms with Gasteiger partial charge in [-0.1, -0.05) is 24.6 Å². The van der Waals surface area contributed by atoms with E-state index in [2.05, 4.69) is 13.8 Å². The van der Waals surface area contributed by atoms with Crippen molar-refractivity contribution < 1.29 is 9.53 Å². The molecule has 4 rings (SSSR count). The third kappa shape index (κ3) is 4.04. The molecule has 0 saturated carbocycles. The quantitative estimate of drug-likeness (QED) is 0.648. The van der Waals surface area contributed by atoms with Crippen LogP contribution in [-0.4, -0.2) is 40.8 Å². The van der Waals surface area contributed by atoms with Crippen molar-refractivity contribution in [1.82, 2.24) is 14.7 Å². The molecule has 0 unspecified atom stereocenters. The van der Waals surface area contributed by atoms with Crippen molar-refractivity contribution in [3.63, 3.8) is 0 Å². The number of likely N-dealkylation sites (tertiary alicyclic amines) is 1. The van der Waals surface area contributed by atoms with Crippen molar-refractivity contribution in [2.24, 2.45) is 5.92 Å². The minimum absolute atomic E-state index is 0.0461. The standard InChI is InChI=1S/C24H27N3O2/c1-17-4-8-20(9-5-17)27-23(24(28)26-14-12-18(2)13-15-26)16-22(25-27)19-6-10-21(29-3)11-7-19/h4-11,16,18H,12-15H2,1-3H3. The van der Waals surface area contributed by atoms with E-state index in [1.165, 1.54) is 5.56 Å². The fourth-order valence-electron chi connectivity index (χ4n) is 3.69. The van der Waals surface area contributed by atoms with Crippen molar-refractivity contribution >= 4 is 5.91 Å². The molecule has 3 aromatic rings. The molecule has 0 N–H and O–H groups in total. The van der Waals surface area contributed by atoms with Gasteiger partial charge in [0.05, 0.1) is 18.5 Å². The molecule has 1 aromatic heterocycles. The lowest BCUT2D eigenvalue weighted by Crippen LogP contribution is -2.38. The Hall–Kier alpha value is -3.08. The summed E-state index contributed by atoms with van der Waals surface area (Å²) in [6.45, 7) is 5.91. The topological polar surface area (TPSA) is 47.4 Å². The number of carbonyl (C=O) groups is 1.